The van der Waals surface area contributed by atoms with Gasteiger partial charge >= 0.3 is 5.97 Å². The number of ether oxygens (including phenoxy) is 1. The van der Waals surface area contributed by atoms with Crippen LogP contribution in [0.5, 0.6) is 0 Å². The third-order valence-corrected chi connectivity index (χ3v) is 4.97. The van der Waals surface area contributed by atoms with Crippen molar-refractivity contribution in [3.63, 3.8) is 0 Å². The van der Waals surface area contributed by atoms with Crippen LogP contribution in [-0.2, 0) is 9.53 Å². The summed E-state index contributed by atoms with van der Waals surface area (Å²) in [4.78, 5) is 28.1. The van der Waals surface area contributed by atoms with Crippen LogP contribution in [0.2, 0.25) is 0 Å². The first-order valence-corrected chi connectivity index (χ1v) is 8.59. The molecule has 0 bridgehead atoms. The molecule has 24 heavy (non-hydrogen) atoms. The minimum atomic E-state index is -0.930. The summed E-state index contributed by atoms with van der Waals surface area (Å²) in [5, 5.41) is 14.5. The van der Waals surface area contributed by atoms with Crippen LogP contribution in [0, 0.1) is 0 Å². The van der Waals surface area contributed by atoms with Crippen molar-refractivity contribution in [1.82, 2.24) is 10.3 Å². The highest BCUT2D eigenvalue weighted by atomic mass is 32.1. The smallest absolute Gasteiger partial charge is 0.305 e. The minimum absolute atomic E-state index is 0.113. The number of aliphatic carboxylic acids is 1. The molecule has 0 saturated carbocycles. The van der Waals surface area contributed by atoms with Crippen LogP contribution in [0.3, 0.4) is 0 Å². The van der Waals surface area contributed by atoms with Crippen molar-refractivity contribution in [1.29, 1.82) is 0 Å². The van der Waals surface area contributed by atoms with Gasteiger partial charge in [0, 0.05) is 24.2 Å². The molecule has 2 N–H and O–H groups in total. The van der Waals surface area contributed by atoms with Crippen molar-refractivity contribution in [2.45, 2.75) is 24.8 Å². The van der Waals surface area contributed by atoms with Crippen LogP contribution in [0.25, 0.3) is 10.6 Å². The van der Waals surface area contributed by atoms with E-state index in [1.54, 1.807) is 5.38 Å². The van der Waals surface area contributed by atoms with Crippen molar-refractivity contribution < 1.29 is 19.4 Å². The average Bonchev–Trinajstić information content (AvgIpc) is 3.06. The Labute approximate surface area is 143 Å². The van der Waals surface area contributed by atoms with Gasteiger partial charge in [-0.1, -0.05) is 30.3 Å². The topological polar surface area (TPSA) is 88.5 Å². The second kappa shape index (κ2) is 7.11. The number of hydrogen-bond acceptors (Lipinski definition) is 5. The van der Waals surface area contributed by atoms with Gasteiger partial charge in [-0.15, -0.1) is 11.3 Å². The third kappa shape index (κ3) is 3.80. The Bertz CT molecular complexity index is 723. The number of carbonyl (C=O) groups is 2. The molecule has 1 amide bonds. The zero-order valence-electron chi connectivity index (χ0n) is 13.0. The Morgan fingerprint density at radius 3 is 2.62 bits per heavy atom. The second-order valence-electron chi connectivity index (χ2n) is 5.82. The lowest BCUT2D eigenvalue weighted by Crippen LogP contribution is -2.53. The van der Waals surface area contributed by atoms with E-state index in [0.717, 1.165) is 10.6 Å². The molecule has 2 heterocycles. The lowest BCUT2D eigenvalue weighted by atomic mass is 9.86. The molecule has 0 atom stereocenters. The fraction of sp³-hybridized carbons (Fsp3) is 0.353. The largest absolute Gasteiger partial charge is 0.481 e. The van der Waals surface area contributed by atoms with E-state index in [2.05, 4.69) is 10.3 Å². The molecule has 0 aliphatic carbocycles. The lowest BCUT2D eigenvalue weighted by Gasteiger charge is -2.36. The van der Waals surface area contributed by atoms with Gasteiger partial charge in [0.25, 0.3) is 5.91 Å². The molecule has 1 aromatic carbocycles. The number of thiazole rings is 1. The maximum absolute atomic E-state index is 12.5. The molecule has 1 aliphatic rings. The number of carbonyl (C=O) groups excluding carboxylic acids is 1. The first kappa shape index (κ1) is 16.6. The standard InChI is InChI=1S/C17H18N2O4S/c20-14(21)10-17(6-8-23-9-7-17)19-15(22)13-11-24-16(18-13)12-4-2-1-3-5-12/h1-5,11H,6-10H2,(H,19,22)(H,20,21). The first-order valence-electron chi connectivity index (χ1n) is 7.71. The molecule has 0 radical (unpaired) electrons. The molecular weight excluding hydrogens is 328 g/mol. The van der Waals surface area contributed by atoms with Crippen molar-refractivity contribution in [3.05, 3.63) is 41.4 Å². The Morgan fingerprint density at radius 2 is 1.96 bits per heavy atom. The minimum Gasteiger partial charge on any atom is -0.481 e. The van der Waals surface area contributed by atoms with Crippen LogP contribution >= 0.6 is 11.3 Å². The van der Waals surface area contributed by atoms with Crippen LogP contribution in [-0.4, -0.2) is 40.7 Å². The molecule has 3 rings (SSSR count). The average molecular weight is 346 g/mol. The molecule has 126 valence electrons. The van der Waals surface area contributed by atoms with E-state index in [1.807, 2.05) is 30.3 Å². The molecule has 2 aromatic rings. The number of nitrogens with zero attached hydrogens (tertiary/aromatic N) is 1. The first-order chi connectivity index (χ1) is 11.6. The Hall–Kier alpha value is -2.25. The number of rotatable bonds is 5. The van der Waals surface area contributed by atoms with E-state index in [1.165, 1.54) is 11.3 Å². The van der Waals surface area contributed by atoms with Crippen LogP contribution < -0.4 is 5.32 Å². The Balaban J connectivity index is 1.76. The molecular formula is C17H18N2O4S. The highest BCUT2D eigenvalue weighted by molar-refractivity contribution is 7.13. The van der Waals surface area contributed by atoms with Gasteiger partial charge in [0.1, 0.15) is 10.7 Å². The van der Waals surface area contributed by atoms with Crippen molar-refractivity contribution in [2.24, 2.45) is 0 Å². The highest BCUT2D eigenvalue weighted by Crippen LogP contribution is 2.27. The van der Waals surface area contributed by atoms with Crippen LogP contribution in [0.4, 0.5) is 0 Å². The van der Waals surface area contributed by atoms with E-state index in [0.29, 0.717) is 31.7 Å². The van der Waals surface area contributed by atoms with Crippen molar-refractivity contribution in [3.8, 4) is 10.6 Å². The van der Waals surface area contributed by atoms with Gasteiger partial charge in [0.2, 0.25) is 0 Å². The summed E-state index contributed by atoms with van der Waals surface area (Å²) in [5.41, 5.74) is 0.500. The quantitative estimate of drug-likeness (QED) is 0.869. The van der Waals surface area contributed by atoms with Crippen molar-refractivity contribution >= 4 is 23.2 Å². The summed E-state index contributed by atoms with van der Waals surface area (Å²) in [5.74, 6) is -1.27. The summed E-state index contributed by atoms with van der Waals surface area (Å²) in [6.45, 7) is 0.889. The van der Waals surface area contributed by atoms with Crippen LogP contribution in [0.15, 0.2) is 35.7 Å². The van der Waals surface area contributed by atoms with Gasteiger partial charge in [0.05, 0.1) is 12.0 Å². The summed E-state index contributed by atoms with van der Waals surface area (Å²) >= 11 is 1.39. The molecule has 0 unspecified atom stereocenters. The van der Waals surface area contributed by atoms with E-state index >= 15 is 0 Å². The van der Waals surface area contributed by atoms with Crippen molar-refractivity contribution in [2.75, 3.05) is 13.2 Å². The number of hydrogen-bond donors (Lipinski definition) is 2. The van der Waals surface area contributed by atoms with Gasteiger partial charge in [-0.3, -0.25) is 9.59 Å². The summed E-state index contributed by atoms with van der Waals surface area (Å²) < 4.78 is 5.30. The van der Waals surface area contributed by atoms with Gasteiger partial charge in [-0.25, -0.2) is 4.98 Å². The molecule has 1 fully saturated rings. The summed E-state index contributed by atoms with van der Waals surface area (Å²) in [6.07, 6.45) is 0.860. The number of carboxylic acid groups (broad SMARTS) is 1. The second-order valence-corrected chi connectivity index (χ2v) is 6.68. The Kier molecular flexibility index (Phi) is 4.92. The van der Waals surface area contributed by atoms with Gasteiger partial charge in [-0.2, -0.15) is 0 Å². The van der Waals surface area contributed by atoms with E-state index in [9.17, 15) is 9.59 Å². The maximum Gasteiger partial charge on any atom is 0.305 e. The molecule has 1 aliphatic heterocycles. The zero-order valence-corrected chi connectivity index (χ0v) is 13.8. The molecule has 0 spiro atoms. The fourth-order valence-electron chi connectivity index (χ4n) is 2.79. The Morgan fingerprint density at radius 1 is 1.25 bits per heavy atom. The fourth-order valence-corrected chi connectivity index (χ4v) is 3.60. The van der Waals surface area contributed by atoms with Gasteiger partial charge in [-0.05, 0) is 12.8 Å². The monoisotopic (exact) mass is 346 g/mol. The third-order valence-electron chi connectivity index (χ3n) is 4.08. The normalized spacial score (nSPS) is 16.5. The predicted molar refractivity (Wildman–Crippen MR) is 90.1 cm³/mol. The van der Waals surface area contributed by atoms with E-state index in [4.69, 9.17) is 9.84 Å². The zero-order chi connectivity index (χ0) is 17.0. The summed E-state index contributed by atoms with van der Waals surface area (Å²) in [7, 11) is 0. The lowest BCUT2D eigenvalue weighted by molar-refractivity contribution is -0.139. The number of carboxylic acids is 1. The molecule has 6 nitrogen and oxygen atoms in total. The van der Waals surface area contributed by atoms with Gasteiger partial charge < -0.3 is 15.2 Å². The summed E-state index contributed by atoms with van der Waals surface area (Å²) in [6, 6.07) is 9.63. The van der Waals surface area contributed by atoms with E-state index in [-0.39, 0.29) is 12.3 Å². The number of amides is 1. The SMILES string of the molecule is O=C(O)CC1(NC(=O)c2csc(-c3ccccc3)n2)CCOCC1. The number of aromatic nitrogens is 1. The maximum atomic E-state index is 12.5. The predicted octanol–water partition coefficient (Wildman–Crippen LogP) is 2.56. The molecule has 7 heteroatoms. The number of nitrogens with one attached hydrogen (secondary N) is 1. The van der Waals surface area contributed by atoms with Crippen LogP contribution in [0.1, 0.15) is 29.8 Å². The van der Waals surface area contributed by atoms with Gasteiger partial charge in [0.15, 0.2) is 0 Å². The molecule has 1 aromatic heterocycles. The molecule has 1 saturated heterocycles. The van der Waals surface area contributed by atoms with E-state index < -0.39 is 11.5 Å². The number of benzene rings is 1. The highest BCUT2D eigenvalue weighted by Gasteiger charge is 2.37.